The van der Waals surface area contributed by atoms with E-state index in [1.54, 1.807) is 13.3 Å². The van der Waals surface area contributed by atoms with E-state index in [-0.39, 0.29) is 0 Å². The quantitative estimate of drug-likeness (QED) is 0.431. The van der Waals surface area contributed by atoms with Crippen LogP contribution < -0.4 is 20.1 Å². The lowest BCUT2D eigenvalue weighted by molar-refractivity contribution is 0.340. The first-order chi connectivity index (χ1) is 13.7. The van der Waals surface area contributed by atoms with Gasteiger partial charge < -0.3 is 20.1 Å². The summed E-state index contributed by atoms with van der Waals surface area (Å²) in [6, 6.07) is 16.0. The van der Waals surface area contributed by atoms with Crippen molar-refractivity contribution in [3.05, 3.63) is 60.3 Å². The first kappa shape index (κ1) is 19.9. The zero-order valence-corrected chi connectivity index (χ0v) is 17.0. The van der Waals surface area contributed by atoms with Crippen LogP contribution in [-0.4, -0.2) is 30.4 Å². The number of thiocarbonyl (C=S) groups is 1. The van der Waals surface area contributed by atoms with E-state index in [2.05, 4.69) is 27.8 Å². The molecular weight excluding hydrogens is 370 g/mol. The van der Waals surface area contributed by atoms with Crippen molar-refractivity contribution in [1.29, 1.82) is 0 Å². The van der Waals surface area contributed by atoms with Crippen molar-refractivity contribution in [3.63, 3.8) is 0 Å². The molecular formula is C22H25N3O2S. The molecule has 0 radical (unpaired) electrons. The molecule has 0 saturated heterocycles. The summed E-state index contributed by atoms with van der Waals surface area (Å²) in [7, 11) is 1.65. The average Bonchev–Trinajstić information content (AvgIpc) is 2.73. The second kappa shape index (κ2) is 9.90. The van der Waals surface area contributed by atoms with Crippen molar-refractivity contribution < 1.29 is 9.47 Å². The van der Waals surface area contributed by atoms with Gasteiger partial charge in [0.25, 0.3) is 0 Å². The van der Waals surface area contributed by atoms with Gasteiger partial charge in [-0.15, -0.1) is 0 Å². The van der Waals surface area contributed by atoms with Crippen LogP contribution in [0.4, 0.5) is 5.69 Å². The van der Waals surface area contributed by atoms with E-state index in [1.165, 1.54) is 5.56 Å². The third kappa shape index (κ3) is 5.10. The minimum absolute atomic E-state index is 0.599. The highest BCUT2D eigenvalue weighted by molar-refractivity contribution is 7.80. The van der Waals surface area contributed by atoms with Crippen LogP contribution in [0.15, 0.2) is 54.7 Å². The Morgan fingerprint density at radius 3 is 2.68 bits per heavy atom. The number of benzene rings is 2. The zero-order chi connectivity index (χ0) is 19.8. The number of ether oxygens (including phenoxy) is 2. The van der Waals surface area contributed by atoms with E-state index in [0.29, 0.717) is 11.7 Å². The van der Waals surface area contributed by atoms with Crippen LogP contribution in [0, 0.1) is 0 Å². The van der Waals surface area contributed by atoms with Crippen molar-refractivity contribution in [2.24, 2.45) is 0 Å². The molecule has 0 aliphatic carbocycles. The van der Waals surface area contributed by atoms with E-state index in [1.807, 2.05) is 43.3 Å². The number of aromatic nitrogens is 1. The summed E-state index contributed by atoms with van der Waals surface area (Å²) >= 11 is 5.45. The van der Waals surface area contributed by atoms with Crippen LogP contribution in [0.1, 0.15) is 18.9 Å². The molecule has 0 aliphatic rings. The van der Waals surface area contributed by atoms with Gasteiger partial charge in [-0.3, -0.25) is 4.98 Å². The lowest BCUT2D eigenvalue weighted by Crippen LogP contribution is -2.29. The summed E-state index contributed by atoms with van der Waals surface area (Å²) in [4.78, 5) is 4.41. The normalized spacial score (nSPS) is 10.5. The SMILES string of the molecule is CCOc1ccc(CCCNC(=S)Nc2ccc(OC)c3ncccc23)cc1. The molecule has 0 fully saturated rings. The van der Waals surface area contributed by atoms with Crippen LogP contribution in [0.2, 0.25) is 0 Å². The van der Waals surface area contributed by atoms with Crippen LogP contribution in [-0.2, 0) is 6.42 Å². The Balaban J connectivity index is 1.50. The molecule has 0 amide bonds. The van der Waals surface area contributed by atoms with E-state index >= 15 is 0 Å². The maximum Gasteiger partial charge on any atom is 0.170 e. The lowest BCUT2D eigenvalue weighted by Gasteiger charge is -2.14. The molecule has 6 heteroatoms. The fraction of sp³-hybridized carbons (Fsp3) is 0.273. The van der Waals surface area contributed by atoms with Gasteiger partial charge in [-0.05, 0) is 73.9 Å². The van der Waals surface area contributed by atoms with Gasteiger partial charge >= 0.3 is 0 Å². The third-order valence-electron chi connectivity index (χ3n) is 4.36. The van der Waals surface area contributed by atoms with Crippen molar-refractivity contribution in [2.45, 2.75) is 19.8 Å². The summed E-state index contributed by atoms with van der Waals surface area (Å²) in [5.41, 5.74) is 3.01. The Hall–Kier alpha value is -2.86. The molecule has 5 nitrogen and oxygen atoms in total. The molecule has 146 valence electrons. The Labute approximate surface area is 171 Å². The number of hydrogen-bond donors (Lipinski definition) is 2. The van der Waals surface area contributed by atoms with E-state index < -0.39 is 0 Å². The number of anilines is 1. The van der Waals surface area contributed by atoms with Gasteiger partial charge in [-0.25, -0.2) is 0 Å². The summed E-state index contributed by atoms with van der Waals surface area (Å²) < 4.78 is 10.9. The topological polar surface area (TPSA) is 55.4 Å². The number of pyridine rings is 1. The van der Waals surface area contributed by atoms with Gasteiger partial charge in [-0.1, -0.05) is 12.1 Å². The molecule has 28 heavy (non-hydrogen) atoms. The fourth-order valence-electron chi connectivity index (χ4n) is 3.00. The van der Waals surface area contributed by atoms with Crippen LogP contribution in [0.3, 0.4) is 0 Å². The highest BCUT2D eigenvalue weighted by Gasteiger charge is 2.08. The van der Waals surface area contributed by atoms with Gasteiger partial charge in [0.2, 0.25) is 0 Å². The standard InChI is InChI=1S/C22H25N3O2S/c1-3-27-17-10-8-16(9-11-17)6-4-15-24-22(28)25-19-12-13-20(26-2)21-18(19)7-5-14-23-21/h5,7-14H,3-4,6,15H2,1-2H3,(H2,24,25,28). The van der Waals surface area contributed by atoms with Crippen molar-refractivity contribution in [1.82, 2.24) is 10.3 Å². The van der Waals surface area contributed by atoms with Crippen LogP contribution in [0.5, 0.6) is 11.5 Å². The highest BCUT2D eigenvalue weighted by Crippen LogP contribution is 2.29. The molecule has 0 saturated carbocycles. The van der Waals surface area contributed by atoms with Gasteiger partial charge in [0.1, 0.15) is 17.0 Å². The molecule has 0 spiro atoms. The van der Waals surface area contributed by atoms with Gasteiger partial charge in [-0.2, -0.15) is 0 Å². The number of rotatable bonds is 8. The molecule has 0 bridgehead atoms. The Bertz CT molecular complexity index is 929. The summed E-state index contributed by atoms with van der Waals surface area (Å²) in [5.74, 6) is 1.66. The smallest absolute Gasteiger partial charge is 0.170 e. The van der Waals surface area contributed by atoms with E-state index in [9.17, 15) is 0 Å². The van der Waals surface area contributed by atoms with Crippen LogP contribution >= 0.6 is 12.2 Å². The Morgan fingerprint density at radius 2 is 1.93 bits per heavy atom. The molecule has 3 aromatic rings. The predicted molar refractivity (Wildman–Crippen MR) is 118 cm³/mol. The molecule has 0 atom stereocenters. The zero-order valence-electron chi connectivity index (χ0n) is 16.2. The first-order valence-electron chi connectivity index (χ1n) is 9.39. The first-order valence-corrected chi connectivity index (χ1v) is 9.80. The largest absolute Gasteiger partial charge is 0.494 e. The maximum absolute atomic E-state index is 5.47. The fourth-order valence-corrected chi connectivity index (χ4v) is 3.21. The van der Waals surface area contributed by atoms with Crippen molar-refractivity contribution in [2.75, 3.05) is 25.6 Å². The molecule has 0 unspecified atom stereocenters. The summed E-state index contributed by atoms with van der Waals surface area (Å²) in [5, 5.41) is 8.11. The van der Waals surface area contributed by atoms with Crippen molar-refractivity contribution >= 4 is 33.9 Å². The monoisotopic (exact) mass is 395 g/mol. The number of aryl methyl sites for hydroxylation is 1. The third-order valence-corrected chi connectivity index (χ3v) is 4.61. The average molecular weight is 396 g/mol. The van der Waals surface area contributed by atoms with Gasteiger partial charge in [0.05, 0.1) is 13.7 Å². The number of hydrogen-bond acceptors (Lipinski definition) is 4. The lowest BCUT2D eigenvalue weighted by atomic mass is 10.1. The highest BCUT2D eigenvalue weighted by atomic mass is 32.1. The molecule has 3 rings (SSSR count). The predicted octanol–water partition coefficient (Wildman–Crippen LogP) is 4.56. The van der Waals surface area contributed by atoms with E-state index in [4.69, 9.17) is 21.7 Å². The summed E-state index contributed by atoms with van der Waals surface area (Å²) in [6.45, 7) is 3.47. The van der Waals surface area contributed by atoms with Gasteiger partial charge in [0, 0.05) is 23.8 Å². The molecule has 1 heterocycles. The molecule has 2 aromatic carbocycles. The molecule has 2 N–H and O–H groups in total. The second-order valence-corrected chi connectivity index (χ2v) is 6.68. The number of nitrogens with zero attached hydrogens (tertiary/aromatic N) is 1. The number of fused-ring (bicyclic) bond motifs is 1. The number of methoxy groups -OCH3 is 1. The number of nitrogens with one attached hydrogen (secondary N) is 2. The Kier molecular flexibility index (Phi) is 7.03. The van der Waals surface area contributed by atoms with Gasteiger partial charge in [0.15, 0.2) is 5.11 Å². The minimum Gasteiger partial charge on any atom is -0.494 e. The Morgan fingerprint density at radius 1 is 1.11 bits per heavy atom. The van der Waals surface area contributed by atoms with E-state index in [0.717, 1.165) is 47.5 Å². The maximum atomic E-state index is 5.47. The van der Waals surface area contributed by atoms with Crippen molar-refractivity contribution in [3.8, 4) is 11.5 Å². The van der Waals surface area contributed by atoms with Crippen LogP contribution in [0.25, 0.3) is 10.9 Å². The molecule has 0 aliphatic heterocycles. The second-order valence-electron chi connectivity index (χ2n) is 6.28. The minimum atomic E-state index is 0.599. The molecule has 1 aromatic heterocycles. The summed E-state index contributed by atoms with van der Waals surface area (Å²) in [6.07, 6.45) is 3.73.